The highest BCUT2D eigenvalue weighted by Gasteiger charge is 2.32. The summed E-state index contributed by atoms with van der Waals surface area (Å²) < 4.78 is 11.5. The van der Waals surface area contributed by atoms with Crippen molar-refractivity contribution in [1.82, 2.24) is 15.5 Å². The number of hydrogen-bond acceptors (Lipinski definition) is 6. The predicted octanol–water partition coefficient (Wildman–Crippen LogP) is 2.98. The molecule has 0 saturated carbocycles. The van der Waals surface area contributed by atoms with Crippen molar-refractivity contribution in [2.45, 2.75) is 43.6 Å². The number of aliphatic imine (C=N–C) groups is 1. The van der Waals surface area contributed by atoms with E-state index in [1.165, 1.54) is 4.88 Å². The number of morpholine rings is 1. The Labute approximate surface area is 183 Å². The molecule has 0 aliphatic carbocycles. The predicted molar refractivity (Wildman–Crippen MR) is 124 cm³/mol. The van der Waals surface area contributed by atoms with Gasteiger partial charge in [0.2, 0.25) is 0 Å². The summed E-state index contributed by atoms with van der Waals surface area (Å²) in [5, 5.41) is 9.22. The van der Waals surface area contributed by atoms with Gasteiger partial charge in [0.15, 0.2) is 5.96 Å². The van der Waals surface area contributed by atoms with Gasteiger partial charge in [-0.3, -0.25) is 9.89 Å². The van der Waals surface area contributed by atoms with E-state index in [0.717, 1.165) is 71.3 Å². The van der Waals surface area contributed by atoms with Crippen LogP contribution >= 0.6 is 23.1 Å². The van der Waals surface area contributed by atoms with E-state index in [9.17, 15) is 0 Å². The number of thiophene rings is 1. The van der Waals surface area contributed by atoms with Crippen LogP contribution in [-0.4, -0.2) is 80.5 Å². The maximum absolute atomic E-state index is 5.76. The topological polar surface area (TPSA) is 58.1 Å². The van der Waals surface area contributed by atoms with Gasteiger partial charge in [-0.1, -0.05) is 6.07 Å². The third-order valence-corrected chi connectivity index (χ3v) is 8.13. The highest BCUT2D eigenvalue weighted by atomic mass is 32.2. The van der Waals surface area contributed by atoms with Crippen molar-refractivity contribution in [2.75, 3.05) is 58.8 Å². The molecule has 1 aromatic heterocycles. The fourth-order valence-corrected chi connectivity index (χ4v) is 5.58. The molecule has 0 radical (unpaired) electrons. The summed E-state index contributed by atoms with van der Waals surface area (Å²) in [6, 6.07) is 4.72. The van der Waals surface area contributed by atoms with E-state index in [1.54, 1.807) is 0 Å². The van der Waals surface area contributed by atoms with Gasteiger partial charge in [0.25, 0.3) is 0 Å². The molecule has 2 aliphatic heterocycles. The summed E-state index contributed by atoms with van der Waals surface area (Å²) >= 11 is 3.77. The molecular formula is C21H36N4O2S2. The van der Waals surface area contributed by atoms with Crippen LogP contribution in [0.2, 0.25) is 0 Å². The highest BCUT2D eigenvalue weighted by Crippen LogP contribution is 2.34. The van der Waals surface area contributed by atoms with Gasteiger partial charge >= 0.3 is 0 Å². The zero-order valence-corrected chi connectivity index (χ0v) is 19.6. The van der Waals surface area contributed by atoms with Crippen molar-refractivity contribution >= 4 is 29.1 Å². The zero-order chi connectivity index (χ0) is 20.5. The SMILES string of the molecule is CCNC(=NCC1(SC)CCOCC1)NCC(c1cccs1)N1CCOC(C)C1. The number of hydrogen-bond donors (Lipinski definition) is 2. The van der Waals surface area contributed by atoms with E-state index >= 15 is 0 Å². The Bertz CT molecular complexity index is 620. The monoisotopic (exact) mass is 440 g/mol. The van der Waals surface area contributed by atoms with Gasteiger partial charge in [-0.2, -0.15) is 11.8 Å². The lowest BCUT2D eigenvalue weighted by Crippen LogP contribution is -2.48. The summed E-state index contributed by atoms with van der Waals surface area (Å²) in [5.74, 6) is 0.912. The van der Waals surface area contributed by atoms with E-state index in [-0.39, 0.29) is 10.9 Å². The minimum atomic E-state index is 0.202. The second-order valence-corrected chi connectivity index (χ2v) is 10.0. The van der Waals surface area contributed by atoms with Crippen LogP contribution in [0.15, 0.2) is 22.5 Å². The molecule has 8 heteroatoms. The first kappa shape index (κ1) is 22.9. The standard InChI is InChI=1S/C21H36N4O2S2/c1-4-22-20(24-16-21(28-3)7-10-26-11-8-21)23-14-18(19-6-5-13-29-19)25-9-12-27-17(2)15-25/h5-6,13,17-18H,4,7-12,14-16H2,1-3H3,(H2,22,23,24). The highest BCUT2D eigenvalue weighted by molar-refractivity contribution is 8.00. The summed E-state index contributed by atoms with van der Waals surface area (Å²) in [6.07, 6.45) is 4.62. The molecule has 2 fully saturated rings. The first-order chi connectivity index (χ1) is 14.2. The van der Waals surface area contributed by atoms with Crippen molar-refractivity contribution in [1.29, 1.82) is 0 Å². The average molecular weight is 441 g/mol. The molecule has 0 bridgehead atoms. The third-order valence-electron chi connectivity index (χ3n) is 5.75. The Morgan fingerprint density at radius 3 is 2.86 bits per heavy atom. The van der Waals surface area contributed by atoms with Crippen molar-refractivity contribution in [3.05, 3.63) is 22.4 Å². The largest absolute Gasteiger partial charge is 0.381 e. The molecule has 2 aliphatic rings. The van der Waals surface area contributed by atoms with Gasteiger partial charge in [-0.15, -0.1) is 11.3 Å². The summed E-state index contributed by atoms with van der Waals surface area (Å²) in [4.78, 5) is 8.91. The molecule has 29 heavy (non-hydrogen) atoms. The minimum absolute atomic E-state index is 0.202. The normalized spacial score (nSPS) is 24.2. The van der Waals surface area contributed by atoms with Gasteiger partial charge in [0.05, 0.1) is 25.3 Å². The van der Waals surface area contributed by atoms with Gasteiger partial charge in [0, 0.05) is 49.0 Å². The molecule has 2 N–H and O–H groups in total. The minimum Gasteiger partial charge on any atom is -0.381 e. The lowest BCUT2D eigenvalue weighted by atomic mass is 9.99. The molecule has 3 heterocycles. The molecule has 2 unspecified atom stereocenters. The lowest BCUT2D eigenvalue weighted by molar-refractivity contribution is -0.0334. The molecule has 3 rings (SSSR count). The van der Waals surface area contributed by atoms with E-state index in [1.807, 2.05) is 23.1 Å². The zero-order valence-electron chi connectivity index (χ0n) is 18.0. The molecule has 0 aromatic carbocycles. The quantitative estimate of drug-likeness (QED) is 0.479. The van der Waals surface area contributed by atoms with Crippen molar-refractivity contribution in [2.24, 2.45) is 4.99 Å². The molecule has 2 saturated heterocycles. The van der Waals surface area contributed by atoms with Crippen LogP contribution < -0.4 is 10.6 Å². The van der Waals surface area contributed by atoms with E-state index < -0.39 is 0 Å². The smallest absolute Gasteiger partial charge is 0.191 e. The Morgan fingerprint density at radius 2 is 2.21 bits per heavy atom. The Kier molecular flexibility index (Phi) is 9.11. The molecule has 164 valence electrons. The number of guanidine groups is 1. The van der Waals surface area contributed by atoms with Crippen LogP contribution in [0.3, 0.4) is 0 Å². The third kappa shape index (κ3) is 6.59. The number of nitrogens with zero attached hydrogens (tertiary/aromatic N) is 2. The second kappa shape index (κ2) is 11.6. The van der Waals surface area contributed by atoms with Crippen LogP contribution in [0.1, 0.15) is 37.6 Å². The first-order valence-corrected chi connectivity index (χ1v) is 12.8. The van der Waals surface area contributed by atoms with E-state index in [2.05, 4.69) is 53.1 Å². The average Bonchev–Trinajstić information content (AvgIpc) is 3.27. The van der Waals surface area contributed by atoms with Crippen LogP contribution in [0, 0.1) is 0 Å². The van der Waals surface area contributed by atoms with E-state index in [0.29, 0.717) is 6.04 Å². The van der Waals surface area contributed by atoms with Gasteiger partial charge < -0.3 is 20.1 Å². The van der Waals surface area contributed by atoms with Crippen LogP contribution in [0.25, 0.3) is 0 Å². The summed E-state index contributed by atoms with van der Waals surface area (Å²) in [6.45, 7) is 11.2. The Morgan fingerprint density at radius 1 is 1.38 bits per heavy atom. The molecule has 6 nitrogen and oxygen atoms in total. The number of ether oxygens (including phenoxy) is 2. The first-order valence-electron chi connectivity index (χ1n) is 10.7. The van der Waals surface area contributed by atoms with Gasteiger partial charge in [0.1, 0.15) is 0 Å². The van der Waals surface area contributed by atoms with Gasteiger partial charge in [-0.25, -0.2) is 0 Å². The van der Waals surface area contributed by atoms with Crippen molar-refractivity contribution in [3.8, 4) is 0 Å². The fraction of sp³-hybridized carbons (Fsp3) is 0.762. The maximum atomic E-state index is 5.76. The molecule has 2 atom stereocenters. The molecular weight excluding hydrogens is 404 g/mol. The van der Waals surface area contributed by atoms with E-state index in [4.69, 9.17) is 14.5 Å². The van der Waals surface area contributed by atoms with Crippen LogP contribution in [-0.2, 0) is 9.47 Å². The number of rotatable bonds is 8. The summed E-state index contributed by atoms with van der Waals surface area (Å²) in [5.41, 5.74) is 0. The van der Waals surface area contributed by atoms with Crippen LogP contribution in [0.4, 0.5) is 0 Å². The Balaban J connectivity index is 1.66. The molecule has 0 amide bonds. The Hall–Kier alpha value is -0.800. The molecule has 0 spiro atoms. The number of thioether (sulfide) groups is 1. The van der Waals surface area contributed by atoms with Crippen LogP contribution in [0.5, 0.6) is 0 Å². The second-order valence-electron chi connectivity index (χ2n) is 7.78. The maximum Gasteiger partial charge on any atom is 0.191 e. The summed E-state index contributed by atoms with van der Waals surface area (Å²) in [7, 11) is 0. The lowest BCUT2D eigenvalue weighted by Gasteiger charge is -2.37. The van der Waals surface area contributed by atoms with Crippen molar-refractivity contribution in [3.63, 3.8) is 0 Å². The fourth-order valence-electron chi connectivity index (χ4n) is 3.95. The number of nitrogens with one attached hydrogen (secondary N) is 2. The van der Waals surface area contributed by atoms with Gasteiger partial charge in [-0.05, 0) is 44.4 Å². The van der Waals surface area contributed by atoms with Crippen molar-refractivity contribution < 1.29 is 9.47 Å². The molecule has 1 aromatic rings.